The molecule has 3 heteroatoms. The number of nitrogens with one attached hydrogen (secondary N) is 1. The number of halogens is 1. The van der Waals surface area contributed by atoms with Crippen molar-refractivity contribution in [2.24, 2.45) is 0 Å². The van der Waals surface area contributed by atoms with Gasteiger partial charge in [0.1, 0.15) is 0 Å². The van der Waals surface area contributed by atoms with Crippen LogP contribution in [0.2, 0.25) is 0 Å². The average Bonchev–Trinajstić information content (AvgIpc) is 2.19. The first kappa shape index (κ1) is 9.21. The molecule has 0 saturated carbocycles. The Labute approximate surface area is 62.1 Å². The van der Waals surface area contributed by atoms with E-state index in [9.17, 15) is 0 Å². The van der Waals surface area contributed by atoms with Gasteiger partial charge in [-0.25, -0.2) is 0 Å². The van der Waals surface area contributed by atoms with Crippen LogP contribution in [0.5, 0.6) is 0 Å². The van der Waals surface area contributed by atoms with Gasteiger partial charge < -0.3 is 10.4 Å². The molecule has 0 aliphatic carbocycles. The van der Waals surface area contributed by atoms with Gasteiger partial charge in [0.15, 0.2) is 0 Å². The van der Waals surface area contributed by atoms with E-state index in [2.05, 4.69) is 5.32 Å². The lowest BCUT2D eigenvalue weighted by atomic mass is 10.2. The summed E-state index contributed by atoms with van der Waals surface area (Å²) < 4.78 is 0. The SMILES string of the molecule is Cl.OCCC1CCCN1. The van der Waals surface area contributed by atoms with Crippen LogP contribution in [0.15, 0.2) is 0 Å². The van der Waals surface area contributed by atoms with Crippen LogP contribution in [0.3, 0.4) is 0 Å². The lowest BCUT2D eigenvalue weighted by molar-refractivity contribution is 0.271. The van der Waals surface area contributed by atoms with Crippen molar-refractivity contribution in [2.75, 3.05) is 13.2 Å². The van der Waals surface area contributed by atoms with Gasteiger partial charge >= 0.3 is 0 Å². The van der Waals surface area contributed by atoms with Crippen molar-refractivity contribution in [3.05, 3.63) is 0 Å². The number of rotatable bonds is 2. The van der Waals surface area contributed by atoms with E-state index in [0.29, 0.717) is 12.6 Å². The minimum Gasteiger partial charge on any atom is -0.396 e. The highest BCUT2D eigenvalue weighted by Gasteiger charge is 2.11. The molecule has 2 N–H and O–H groups in total. The molecule has 1 aliphatic rings. The molecular weight excluding hydrogens is 138 g/mol. The van der Waals surface area contributed by atoms with Gasteiger partial charge in [-0.05, 0) is 25.8 Å². The minimum absolute atomic E-state index is 0. The third kappa shape index (κ3) is 3.04. The monoisotopic (exact) mass is 151 g/mol. The van der Waals surface area contributed by atoms with E-state index < -0.39 is 0 Å². The third-order valence-electron chi connectivity index (χ3n) is 1.64. The van der Waals surface area contributed by atoms with Crippen molar-refractivity contribution < 1.29 is 5.11 Å². The summed E-state index contributed by atoms with van der Waals surface area (Å²) in [7, 11) is 0. The van der Waals surface area contributed by atoms with Gasteiger partial charge in [-0.1, -0.05) is 0 Å². The summed E-state index contributed by atoms with van der Waals surface area (Å²) >= 11 is 0. The Morgan fingerprint density at radius 2 is 2.33 bits per heavy atom. The summed E-state index contributed by atoms with van der Waals surface area (Å²) in [5, 5.41) is 11.8. The smallest absolute Gasteiger partial charge is 0.0445 e. The molecule has 0 aromatic heterocycles. The van der Waals surface area contributed by atoms with Crippen LogP contribution in [0.4, 0.5) is 0 Å². The molecular formula is C6H14ClNO. The number of hydrogen-bond donors (Lipinski definition) is 2. The van der Waals surface area contributed by atoms with Gasteiger partial charge in [-0.2, -0.15) is 0 Å². The van der Waals surface area contributed by atoms with Crippen LogP contribution in [0.1, 0.15) is 19.3 Å². The summed E-state index contributed by atoms with van der Waals surface area (Å²) in [6.07, 6.45) is 3.46. The van der Waals surface area contributed by atoms with Crippen LogP contribution in [-0.2, 0) is 0 Å². The Balaban J connectivity index is 0.000000640. The van der Waals surface area contributed by atoms with Crippen molar-refractivity contribution in [1.29, 1.82) is 0 Å². The molecule has 0 bridgehead atoms. The topological polar surface area (TPSA) is 32.3 Å². The predicted octanol–water partition coefficient (Wildman–Crippen LogP) is 0.543. The molecule has 0 amide bonds. The van der Waals surface area contributed by atoms with E-state index >= 15 is 0 Å². The Bertz CT molecular complexity index is 64.1. The van der Waals surface area contributed by atoms with Gasteiger partial charge in [-0.15, -0.1) is 12.4 Å². The van der Waals surface area contributed by atoms with Crippen molar-refractivity contribution in [3.8, 4) is 0 Å². The highest BCUT2D eigenvalue weighted by atomic mass is 35.5. The highest BCUT2D eigenvalue weighted by molar-refractivity contribution is 5.85. The molecule has 1 aliphatic heterocycles. The zero-order valence-corrected chi connectivity index (χ0v) is 6.28. The lowest BCUT2D eigenvalue weighted by Crippen LogP contribution is -2.21. The Morgan fingerprint density at radius 3 is 2.78 bits per heavy atom. The van der Waals surface area contributed by atoms with Gasteiger partial charge in [0, 0.05) is 12.6 Å². The lowest BCUT2D eigenvalue weighted by Gasteiger charge is -2.04. The molecule has 56 valence electrons. The van der Waals surface area contributed by atoms with Gasteiger partial charge in [0.05, 0.1) is 0 Å². The molecule has 1 rings (SSSR count). The van der Waals surface area contributed by atoms with E-state index in [1.165, 1.54) is 12.8 Å². The fourth-order valence-electron chi connectivity index (χ4n) is 1.16. The third-order valence-corrected chi connectivity index (χ3v) is 1.64. The highest BCUT2D eigenvalue weighted by Crippen LogP contribution is 2.06. The number of hydrogen-bond acceptors (Lipinski definition) is 2. The fraction of sp³-hybridized carbons (Fsp3) is 1.00. The van der Waals surface area contributed by atoms with Crippen LogP contribution < -0.4 is 5.32 Å². The van der Waals surface area contributed by atoms with E-state index in [0.717, 1.165) is 13.0 Å². The molecule has 1 fully saturated rings. The largest absolute Gasteiger partial charge is 0.396 e. The molecule has 2 nitrogen and oxygen atoms in total. The first-order chi connectivity index (χ1) is 3.93. The first-order valence-corrected chi connectivity index (χ1v) is 3.27. The summed E-state index contributed by atoms with van der Waals surface area (Å²) in [4.78, 5) is 0. The second-order valence-corrected chi connectivity index (χ2v) is 2.31. The maximum atomic E-state index is 8.49. The predicted molar refractivity (Wildman–Crippen MR) is 40.0 cm³/mol. The van der Waals surface area contributed by atoms with Crippen molar-refractivity contribution >= 4 is 12.4 Å². The van der Waals surface area contributed by atoms with Gasteiger partial charge in [0.25, 0.3) is 0 Å². The molecule has 0 aromatic rings. The quantitative estimate of drug-likeness (QED) is 0.604. The molecule has 1 saturated heterocycles. The molecule has 1 heterocycles. The van der Waals surface area contributed by atoms with Crippen LogP contribution in [0.25, 0.3) is 0 Å². The van der Waals surface area contributed by atoms with E-state index in [1.807, 2.05) is 0 Å². The molecule has 1 atom stereocenters. The zero-order chi connectivity index (χ0) is 5.82. The Morgan fingerprint density at radius 1 is 1.56 bits per heavy atom. The van der Waals surface area contributed by atoms with Gasteiger partial charge in [0.2, 0.25) is 0 Å². The average molecular weight is 152 g/mol. The summed E-state index contributed by atoms with van der Waals surface area (Å²) in [6, 6.07) is 0.611. The summed E-state index contributed by atoms with van der Waals surface area (Å²) in [5.74, 6) is 0. The fourth-order valence-corrected chi connectivity index (χ4v) is 1.16. The van der Waals surface area contributed by atoms with Crippen LogP contribution in [-0.4, -0.2) is 24.3 Å². The van der Waals surface area contributed by atoms with Gasteiger partial charge in [-0.3, -0.25) is 0 Å². The van der Waals surface area contributed by atoms with Crippen LogP contribution >= 0.6 is 12.4 Å². The Hall–Kier alpha value is 0.210. The maximum absolute atomic E-state index is 8.49. The molecule has 0 radical (unpaired) electrons. The normalized spacial score (nSPS) is 25.7. The number of aliphatic hydroxyl groups excluding tert-OH is 1. The Kier molecular flexibility index (Phi) is 5.15. The summed E-state index contributed by atoms with van der Waals surface area (Å²) in [6.45, 7) is 1.47. The first-order valence-electron chi connectivity index (χ1n) is 3.27. The molecule has 0 spiro atoms. The summed E-state index contributed by atoms with van der Waals surface area (Å²) in [5.41, 5.74) is 0. The van der Waals surface area contributed by atoms with E-state index in [4.69, 9.17) is 5.11 Å². The number of aliphatic hydroxyl groups is 1. The second-order valence-electron chi connectivity index (χ2n) is 2.31. The van der Waals surface area contributed by atoms with Crippen molar-refractivity contribution in [1.82, 2.24) is 5.32 Å². The molecule has 9 heavy (non-hydrogen) atoms. The van der Waals surface area contributed by atoms with Crippen LogP contribution in [0, 0.1) is 0 Å². The van der Waals surface area contributed by atoms with Crippen molar-refractivity contribution in [2.45, 2.75) is 25.3 Å². The maximum Gasteiger partial charge on any atom is 0.0445 e. The standard InChI is InChI=1S/C6H13NO.ClH/c8-5-3-6-2-1-4-7-6;/h6-8H,1-5H2;1H. The van der Waals surface area contributed by atoms with E-state index in [1.54, 1.807) is 0 Å². The van der Waals surface area contributed by atoms with E-state index in [-0.39, 0.29) is 12.4 Å². The molecule has 1 unspecified atom stereocenters. The molecule has 0 aromatic carbocycles. The second kappa shape index (κ2) is 5.03. The minimum atomic E-state index is 0. The zero-order valence-electron chi connectivity index (χ0n) is 5.47. The van der Waals surface area contributed by atoms with Crippen molar-refractivity contribution in [3.63, 3.8) is 0 Å².